The Hall–Kier alpha value is -2.29. The van der Waals surface area contributed by atoms with Gasteiger partial charge in [0.25, 0.3) is 0 Å². The summed E-state index contributed by atoms with van der Waals surface area (Å²) in [6, 6.07) is 14.2. The van der Waals surface area contributed by atoms with Crippen LogP contribution in [-0.2, 0) is 17.8 Å². The van der Waals surface area contributed by atoms with Gasteiger partial charge in [0.05, 0.1) is 6.61 Å². The number of carbonyl (C=O) groups excluding carboxylic acids is 1. The highest BCUT2D eigenvalue weighted by Gasteiger charge is 2.04. The molecule has 1 amide bonds. The second-order valence-electron chi connectivity index (χ2n) is 5.77. The summed E-state index contributed by atoms with van der Waals surface area (Å²) in [6.45, 7) is 7.38. The fourth-order valence-corrected chi connectivity index (χ4v) is 2.38. The summed E-state index contributed by atoms with van der Waals surface area (Å²) in [4.78, 5) is 12.0. The number of ether oxygens (including phenoxy) is 1. The Kier molecular flexibility index (Phi) is 6.21. The van der Waals surface area contributed by atoms with Crippen molar-refractivity contribution in [1.29, 1.82) is 0 Å². The first kappa shape index (κ1) is 17.1. The molecule has 0 saturated heterocycles. The van der Waals surface area contributed by atoms with Crippen LogP contribution in [0.15, 0.2) is 42.5 Å². The number of aryl methyl sites for hydroxylation is 3. The van der Waals surface area contributed by atoms with Crippen molar-refractivity contribution in [2.75, 3.05) is 6.61 Å². The van der Waals surface area contributed by atoms with Crippen molar-refractivity contribution in [1.82, 2.24) is 5.32 Å². The highest BCUT2D eigenvalue weighted by Crippen LogP contribution is 2.13. The van der Waals surface area contributed by atoms with Gasteiger partial charge < -0.3 is 10.1 Å². The minimum absolute atomic E-state index is 0.0807. The number of rotatable bonds is 7. The standard InChI is InChI=1S/C20H25NO2/c1-4-23-19-10-7-18(8-11-19)14-21-20(22)12-9-17-6-5-15(2)16(3)13-17/h5-8,10-11,13H,4,9,12,14H2,1-3H3,(H,21,22). The van der Waals surface area contributed by atoms with Gasteiger partial charge in [0.2, 0.25) is 5.91 Å². The molecule has 0 saturated carbocycles. The maximum absolute atomic E-state index is 12.0. The smallest absolute Gasteiger partial charge is 0.220 e. The lowest BCUT2D eigenvalue weighted by atomic mass is 10.0. The molecule has 3 nitrogen and oxygen atoms in total. The molecule has 0 aliphatic rings. The molecule has 0 radical (unpaired) electrons. The zero-order valence-corrected chi connectivity index (χ0v) is 14.2. The van der Waals surface area contributed by atoms with Crippen molar-refractivity contribution in [2.24, 2.45) is 0 Å². The normalized spacial score (nSPS) is 10.4. The molecular formula is C20H25NO2. The van der Waals surface area contributed by atoms with Crippen molar-refractivity contribution in [3.8, 4) is 5.75 Å². The van der Waals surface area contributed by atoms with E-state index in [0.717, 1.165) is 17.7 Å². The van der Waals surface area contributed by atoms with Gasteiger partial charge in [-0.05, 0) is 61.6 Å². The third kappa shape index (κ3) is 5.44. The van der Waals surface area contributed by atoms with Crippen LogP contribution in [0.2, 0.25) is 0 Å². The number of hydrogen-bond acceptors (Lipinski definition) is 2. The molecule has 0 unspecified atom stereocenters. The number of hydrogen-bond donors (Lipinski definition) is 1. The summed E-state index contributed by atoms with van der Waals surface area (Å²) in [5.74, 6) is 0.939. The van der Waals surface area contributed by atoms with Gasteiger partial charge in [-0.15, -0.1) is 0 Å². The van der Waals surface area contributed by atoms with Gasteiger partial charge in [0, 0.05) is 13.0 Å². The van der Waals surface area contributed by atoms with Crippen LogP contribution in [0.4, 0.5) is 0 Å². The highest BCUT2D eigenvalue weighted by atomic mass is 16.5. The maximum Gasteiger partial charge on any atom is 0.220 e. The third-order valence-corrected chi connectivity index (χ3v) is 3.94. The summed E-state index contributed by atoms with van der Waals surface area (Å²) in [5, 5.41) is 2.97. The SMILES string of the molecule is CCOc1ccc(CNC(=O)CCc2ccc(C)c(C)c2)cc1. The molecule has 0 heterocycles. The van der Waals surface area contributed by atoms with Gasteiger partial charge in [-0.2, -0.15) is 0 Å². The van der Waals surface area contributed by atoms with Crippen molar-refractivity contribution < 1.29 is 9.53 Å². The van der Waals surface area contributed by atoms with Crippen molar-refractivity contribution in [3.63, 3.8) is 0 Å². The molecule has 0 fully saturated rings. The highest BCUT2D eigenvalue weighted by molar-refractivity contribution is 5.76. The van der Waals surface area contributed by atoms with E-state index in [1.807, 2.05) is 31.2 Å². The van der Waals surface area contributed by atoms with Crippen LogP contribution < -0.4 is 10.1 Å². The van der Waals surface area contributed by atoms with Crippen LogP contribution in [0.25, 0.3) is 0 Å². The molecule has 122 valence electrons. The van der Waals surface area contributed by atoms with E-state index < -0.39 is 0 Å². The number of carbonyl (C=O) groups is 1. The molecule has 3 heteroatoms. The van der Waals surface area contributed by atoms with Gasteiger partial charge in [-0.25, -0.2) is 0 Å². The Bertz CT molecular complexity index is 647. The summed E-state index contributed by atoms with van der Waals surface area (Å²) >= 11 is 0. The maximum atomic E-state index is 12.0. The van der Waals surface area contributed by atoms with Gasteiger partial charge in [0.1, 0.15) is 5.75 Å². The fourth-order valence-electron chi connectivity index (χ4n) is 2.38. The van der Waals surface area contributed by atoms with E-state index in [1.165, 1.54) is 16.7 Å². The zero-order valence-electron chi connectivity index (χ0n) is 14.2. The Balaban J connectivity index is 1.77. The molecule has 0 aromatic heterocycles. The first-order valence-electron chi connectivity index (χ1n) is 8.13. The lowest BCUT2D eigenvalue weighted by Crippen LogP contribution is -2.22. The lowest BCUT2D eigenvalue weighted by Gasteiger charge is -2.08. The Morgan fingerprint density at radius 3 is 2.35 bits per heavy atom. The molecule has 0 aliphatic heterocycles. The number of nitrogens with one attached hydrogen (secondary N) is 1. The summed E-state index contributed by atoms with van der Waals surface area (Å²) in [6.07, 6.45) is 1.29. The summed E-state index contributed by atoms with van der Waals surface area (Å²) < 4.78 is 5.40. The van der Waals surface area contributed by atoms with Crippen LogP contribution in [0, 0.1) is 13.8 Å². The molecule has 0 bridgehead atoms. The van der Waals surface area contributed by atoms with E-state index in [0.29, 0.717) is 19.6 Å². The minimum atomic E-state index is 0.0807. The Morgan fingerprint density at radius 1 is 1.00 bits per heavy atom. The molecular weight excluding hydrogens is 286 g/mol. The number of amides is 1. The van der Waals surface area contributed by atoms with Crippen molar-refractivity contribution >= 4 is 5.91 Å². The van der Waals surface area contributed by atoms with Gasteiger partial charge >= 0.3 is 0 Å². The van der Waals surface area contributed by atoms with Gasteiger partial charge in [0.15, 0.2) is 0 Å². The minimum Gasteiger partial charge on any atom is -0.494 e. The largest absolute Gasteiger partial charge is 0.494 e. The molecule has 1 N–H and O–H groups in total. The second-order valence-corrected chi connectivity index (χ2v) is 5.77. The summed E-state index contributed by atoms with van der Waals surface area (Å²) in [7, 11) is 0. The van der Waals surface area contributed by atoms with Crippen molar-refractivity contribution in [2.45, 2.75) is 40.2 Å². The van der Waals surface area contributed by atoms with Crippen LogP contribution >= 0.6 is 0 Å². The molecule has 0 atom stereocenters. The van der Waals surface area contributed by atoms with Gasteiger partial charge in [-0.3, -0.25) is 4.79 Å². The van der Waals surface area contributed by atoms with Crippen LogP contribution in [0.1, 0.15) is 35.6 Å². The predicted octanol–water partition coefficient (Wildman–Crippen LogP) is 3.95. The molecule has 2 aromatic rings. The first-order valence-corrected chi connectivity index (χ1v) is 8.13. The van der Waals surface area contributed by atoms with E-state index in [1.54, 1.807) is 0 Å². The lowest BCUT2D eigenvalue weighted by molar-refractivity contribution is -0.121. The van der Waals surface area contributed by atoms with E-state index in [4.69, 9.17) is 4.74 Å². The van der Waals surface area contributed by atoms with E-state index in [2.05, 4.69) is 37.4 Å². The molecule has 0 spiro atoms. The van der Waals surface area contributed by atoms with Crippen LogP contribution in [0.3, 0.4) is 0 Å². The molecule has 0 aliphatic carbocycles. The topological polar surface area (TPSA) is 38.3 Å². The fraction of sp³-hybridized carbons (Fsp3) is 0.350. The van der Waals surface area contributed by atoms with Crippen LogP contribution in [-0.4, -0.2) is 12.5 Å². The zero-order chi connectivity index (χ0) is 16.7. The van der Waals surface area contributed by atoms with E-state index in [-0.39, 0.29) is 5.91 Å². The second kappa shape index (κ2) is 8.37. The van der Waals surface area contributed by atoms with Gasteiger partial charge in [-0.1, -0.05) is 30.3 Å². The molecule has 23 heavy (non-hydrogen) atoms. The molecule has 2 aromatic carbocycles. The average Bonchev–Trinajstić information content (AvgIpc) is 2.55. The summed E-state index contributed by atoms with van der Waals surface area (Å²) in [5.41, 5.74) is 4.85. The van der Waals surface area contributed by atoms with E-state index in [9.17, 15) is 4.79 Å². The Morgan fingerprint density at radius 2 is 1.70 bits per heavy atom. The quantitative estimate of drug-likeness (QED) is 0.841. The van der Waals surface area contributed by atoms with Crippen molar-refractivity contribution in [3.05, 3.63) is 64.7 Å². The number of benzene rings is 2. The first-order chi connectivity index (χ1) is 11.1. The van der Waals surface area contributed by atoms with Crippen LogP contribution in [0.5, 0.6) is 5.75 Å². The average molecular weight is 311 g/mol. The monoisotopic (exact) mass is 311 g/mol. The van der Waals surface area contributed by atoms with E-state index >= 15 is 0 Å². The Labute approximate surface area is 138 Å². The predicted molar refractivity (Wildman–Crippen MR) is 93.7 cm³/mol. The molecule has 2 rings (SSSR count). The third-order valence-electron chi connectivity index (χ3n) is 3.94.